The van der Waals surface area contributed by atoms with Crippen LogP contribution in [0.2, 0.25) is 10.0 Å². The number of aryl methyl sites for hydroxylation is 1. The van der Waals surface area contributed by atoms with Crippen LogP contribution in [0.15, 0.2) is 53.6 Å². The number of ketones is 1. The summed E-state index contributed by atoms with van der Waals surface area (Å²) in [6.07, 6.45) is -3.69. The van der Waals surface area contributed by atoms with Crippen LogP contribution in [0.4, 0.5) is 18.9 Å². The molecule has 0 amide bonds. The summed E-state index contributed by atoms with van der Waals surface area (Å²) >= 11 is 11.5. The van der Waals surface area contributed by atoms with Gasteiger partial charge in [0, 0.05) is 11.8 Å². The van der Waals surface area contributed by atoms with Crippen LogP contribution in [-0.4, -0.2) is 19.2 Å². The Kier molecular flexibility index (Phi) is 6.55. The van der Waals surface area contributed by atoms with E-state index in [1.807, 2.05) is 13.0 Å². The predicted octanol–water partition coefficient (Wildman–Crippen LogP) is 6.06. The zero-order chi connectivity index (χ0) is 23.8. The molecule has 168 valence electrons. The van der Waals surface area contributed by atoms with Crippen molar-refractivity contribution in [1.29, 1.82) is 0 Å². The van der Waals surface area contributed by atoms with E-state index in [2.05, 4.69) is 9.71 Å². The summed E-state index contributed by atoms with van der Waals surface area (Å²) in [4.78, 5) is 16.4. The molecule has 1 N–H and O–H groups in total. The number of pyridine rings is 1. The lowest BCUT2D eigenvalue weighted by molar-refractivity contribution is -0.137. The molecule has 0 saturated heterocycles. The Morgan fingerprint density at radius 2 is 1.75 bits per heavy atom. The molecule has 0 bridgehead atoms. The number of nitrogens with zero attached hydrogens (tertiary/aromatic N) is 1. The fraction of sp³-hybridized carbons (Fsp3) is 0.143. The first-order chi connectivity index (χ1) is 14.8. The van der Waals surface area contributed by atoms with Crippen molar-refractivity contribution in [2.45, 2.75) is 24.9 Å². The van der Waals surface area contributed by atoms with Gasteiger partial charge in [0.2, 0.25) is 5.78 Å². The molecular weight excluding hydrogens is 488 g/mol. The molecular formula is C21H15Cl2F3N2O3S. The maximum absolute atomic E-state index is 13.2. The van der Waals surface area contributed by atoms with E-state index in [0.717, 1.165) is 23.8 Å². The third-order valence-electron chi connectivity index (χ3n) is 4.72. The first-order valence-electron chi connectivity index (χ1n) is 8.97. The van der Waals surface area contributed by atoms with Gasteiger partial charge in [-0.1, -0.05) is 41.4 Å². The number of rotatable bonds is 5. The number of anilines is 1. The van der Waals surface area contributed by atoms with E-state index in [1.165, 1.54) is 6.20 Å². The molecule has 0 aliphatic heterocycles. The Bertz CT molecular complexity index is 1330. The third kappa shape index (κ3) is 4.90. The Balaban J connectivity index is 2.07. The molecule has 0 aliphatic rings. The number of alkyl halides is 3. The van der Waals surface area contributed by atoms with Crippen molar-refractivity contribution in [2.24, 2.45) is 0 Å². The van der Waals surface area contributed by atoms with Gasteiger partial charge in [0.05, 0.1) is 26.2 Å². The number of halogens is 5. The maximum atomic E-state index is 13.2. The lowest BCUT2D eigenvalue weighted by Gasteiger charge is -2.15. The van der Waals surface area contributed by atoms with Crippen LogP contribution in [0.25, 0.3) is 0 Å². The van der Waals surface area contributed by atoms with Gasteiger partial charge in [0.25, 0.3) is 10.0 Å². The molecule has 1 heterocycles. The number of hydrogen-bond acceptors (Lipinski definition) is 4. The van der Waals surface area contributed by atoms with Crippen LogP contribution >= 0.6 is 23.2 Å². The van der Waals surface area contributed by atoms with Crippen molar-refractivity contribution >= 4 is 44.7 Å². The van der Waals surface area contributed by atoms with Crippen LogP contribution in [0.3, 0.4) is 0 Å². The lowest BCUT2D eigenvalue weighted by atomic mass is 9.98. The van der Waals surface area contributed by atoms with Gasteiger partial charge in [0.15, 0.2) is 0 Å². The highest BCUT2D eigenvalue weighted by atomic mass is 35.5. The van der Waals surface area contributed by atoms with Crippen molar-refractivity contribution in [1.82, 2.24) is 4.98 Å². The highest BCUT2D eigenvalue weighted by Crippen LogP contribution is 2.36. The van der Waals surface area contributed by atoms with E-state index >= 15 is 0 Å². The van der Waals surface area contributed by atoms with E-state index in [4.69, 9.17) is 23.2 Å². The number of carbonyl (C=O) groups excluding carboxylic acids is 1. The summed E-state index contributed by atoms with van der Waals surface area (Å²) in [5, 5.41) is -0.626. The van der Waals surface area contributed by atoms with Crippen molar-refractivity contribution in [3.8, 4) is 0 Å². The molecule has 32 heavy (non-hydrogen) atoms. The average Bonchev–Trinajstić information content (AvgIpc) is 2.68. The first-order valence-corrected chi connectivity index (χ1v) is 11.2. The molecule has 5 nitrogen and oxygen atoms in total. The molecule has 0 saturated carbocycles. The minimum Gasteiger partial charge on any atom is -0.287 e. The third-order valence-corrected chi connectivity index (χ3v) is 6.62. The van der Waals surface area contributed by atoms with Gasteiger partial charge in [-0.05, 0) is 49.2 Å². The molecule has 0 unspecified atom stereocenters. The second-order valence-corrected chi connectivity index (χ2v) is 9.40. The van der Waals surface area contributed by atoms with E-state index in [0.29, 0.717) is 17.2 Å². The Labute approximate surface area is 192 Å². The topological polar surface area (TPSA) is 76.1 Å². The number of sulfonamides is 1. The maximum Gasteiger partial charge on any atom is 0.417 e. The van der Waals surface area contributed by atoms with Gasteiger partial charge in [-0.3, -0.25) is 9.52 Å². The molecule has 0 spiro atoms. The highest BCUT2D eigenvalue weighted by Gasteiger charge is 2.34. The largest absolute Gasteiger partial charge is 0.417 e. The standard InChI is InChI=1S/C21H15Cl2F3N2O3S/c1-11-4-3-5-15(12(11)2)20(29)19-18(8-13(22)10-27-19)28-32(30,31)14-6-7-17(23)16(9-14)21(24,25)26/h3-10,28H,1-2H3. The highest BCUT2D eigenvalue weighted by molar-refractivity contribution is 7.92. The van der Waals surface area contributed by atoms with E-state index in [-0.39, 0.29) is 16.4 Å². The number of benzene rings is 2. The molecule has 11 heteroatoms. The van der Waals surface area contributed by atoms with Crippen molar-refractivity contribution in [3.05, 3.63) is 86.7 Å². The van der Waals surface area contributed by atoms with E-state index in [9.17, 15) is 26.4 Å². The van der Waals surface area contributed by atoms with Gasteiger partial charge < -0.3 is 0 Å². The number of carbonyl (C=O) groups is 1. The summed E-state index contributed by atoms with van der Waals surface area (Å²) in [5.41, 5.74) is -0.0176. The zero-order valence-corrected chi connectivity index (χ0v) is 18.9. The smallest absolute Gasteiger partial charge is 0.287 e. The van der Waals surface area contributed by atoms with Crippen LogP contribution in [0.1, 0.15) is 32.7 Å². The number of nitrogens with one attached hydrogen (secondary N) is 1. The zero-order valence-electron chi connectivity index (χ0n) is 16.6. The molecule has 0 aliphatic carbocycles. The van der Waals surface area contributed by atoms with Crippen LogP contribution in [-0.2, 0) is 16.2 Å². The quantitative estimate of drug-likeness (QED) is 0.430. The molecule has 1 aromatic heterocycles. The van der Waals surface area contributed by atoms with Gasteiger partial charge >= 0.3 is 6.18 Å². The average molecular weight is 503 g/mol. The predicted molar refractivity (Wildman–Crippen MR) is 116 cm³/mol. The molecule has 3 rings (SSSR count). The van der Waals surface area contributed by atoms with Crippen LogP contribution in [0, 0.1) is 13.8 Å². The number of aromatic nitrogens is 1. The Morgan fingerprint density at radius 1 is 1.06 bits per heavy atom. The summed E-state index contributed by atoms with van der Waals surface area (Å²) in [6.45, 7) is 3.54. The normalized spacial score (nSPS) is 12.0. The van der Waals surface area contributed by atoms with E-state index in [1.54, 1.807) is 19.1 Å². The Morgan fingerprint density at radius 3 is 2.41 bits per heavy atom. The van der Waals surface area contributed by atoms with Gasteiger partial charge in [-0.2, -0.15) is 13.2 Å². The van der Waals surface area contributed by atoms with Gasteiger partial charge in [0.1, 0.15) is 5.69 Å². The first kappa shape index (κ1) is 24.0. The summed E-state index contributed by atoms with van der Waals surface area (Å²) < 4.78 is 67.2. The van der Waals surface area contributed by atoms with Crippen LogP contribution in [0.5, 0.6) is 0 Å². The number of hydrogen-bond donors (Lipinski definition) is 1. The van der Waals surface area contributed by atoms with Crippen molar-refractivity contribution in [3.63, 3.8) is 0 Å². The van der Waals surface area contributed by atoms with E-state index < -0.39 is 37.5 Å². The summed E-state index contributed by atoms with van der Waals surface area (Å²) in [5.74, 6) is -0.576. The summed E-state index contributed by atoms with van der Waals surface area (Å²) in [6, 6.07) is 8.36. The lowest BCUT2D eigenvalue weighted by Crippen LogP contribution is -2.18. The SMILES string of the molecule is Cc1cccc(C(=O)c2ncc(Cl)cc2NS(=O)(=O)c2ccc(Cl)c(C(F)(F)F)c2)c1C. The second-order valence-electron chi connectivity index (χ2n) is 6.87. The molecule has 3 aromatic rings. The summed E-state index contributed by atoms with van der Waals surface area (Å²) in [7, 11) is -4.55. The van der Waals surface area contributed by atoms with Crippen LogP contribution < -0.4 is 4.72 Å². The van der Waals surface area contributed by atoms with Crippen molar-refractivity contribution < 1.29 is 26.4 Å². The fourth-order valence-corrected chi connectivity index (χ4v) is 4.38. The van der Waals surface area contributed by atoms with Gasteiger partial charge in [-0.15, -0.1) is 0 Å². The fourth-order valence-electron chi connectivity index (χ4n) is 2.92. The monoisotopic (exact) mass is 502 g/mol. The van der Waals surface area contributed by atoms with Gasteiger partial charge in [-0.25, -0.2) is 13.4 Å². The Hall–Kier alpha value is -2.62. The molecule has 0 radical (unpaired) electrons. The minimum atomic E-state index is -4.86. The second kappa shape index (κ2) is 8.73. The minimum absolute atomic E-state index is 0.0206. The molecule has 0 fully saturated rings. The molecule has 2 aromatic carbocycles. The van der Waals surface area contributed by atoms with Crippen molar-refractivity contribution in [2.75, 3.05) is 4.72 Å². The molecule has 0 atom stereocenters.